The van der Waals surface area contributed by atoms with Crippen molar-refractivity contribution in [2.45, 2.75) is 11.6 Å². The number of nitrogens with zero attached hydrogens (tertiary/aromatic N) is 1. The maximum absolute atomic E-state index is 12.6. The number of halogens is 3. The zero-order valence-electron chi connectivity index (χ0n) is 10.1. The molecule has 0 aromatic rings. The molecule has 1 saturated heterocycles. The average Bonchev–Trinajstić information content (AvgIpc) is 2.23. The molecule has 5 nitrogen and oxygen atoms in total. The van der Waals surface area contributed by atoms with Crippen LogP contribution < -0.4 is 0 Å². The number of carboxylic acids is 1. The van der Waals surface area contributed by atoms with E-state index in [1.807, 2.05) is 0 Å². The molecule has 112 valence electrons. The summed E-state index contributed by atoms with van der Waals surface area (Å²) in [6.45, 7) is -0.709. The number of sulfone groups is 1. The summed E-state index contributed by atoms with van der Waals surface area (Å²) < 4.78 is 60.8. The molecule has 1 rings (SSSR count). The zero-order valence-corrected chi connectivity index (χ0v) is 11.7. The lowest BCUT2D eigenvalue weighted by Gasteiger charge is -2.35. The van der Waals surface area contributed by atoms with E-state index in [4.69, 9.17) is 5.11 Å². The molecule has 0 saturated carbocycles. The third kappa shape index (κ3) is 4.53. The fourth-order valence-corrected chi connectivity index (χ4v) is 4.73. The number of carbonyl (C=O) groups is 1. The summed E-state index contributed by atoms with van der Waals surface area (Å²) in [4.78, 5) is 11.8. The van der Waals surface area contributed by atoms with E-state index in [0.717, 1.165) is 11.2 Å². The van der Waals surface area contributed by atoms with Gasteiger partial charge in [-0.25, -0.2) is 8.42 Å². The number of carboxylic acid groups (broad SMARTS) is 1. The molecule has 2 unspecified atom stereocenters. The smallest absolute Gasteiger partial charge is 0.403 e. The van der Waals surface area contributed by atoms with Gasteiger partial charge in [0.1, 0.15) is 5.37 Å². The van der Waals surface area contributed by atoms with Crippen LogP contribution in [0.3, 0.4) is 0 Å². The molecule has 0 aromatic heterocycles. The minimum atomic E-state index is -4.89. The lowest BCUT2D eigenvalue weighted by atomic mass is 10.1. The van der Waals surface area contributed by atoms with Crippen LogP contribution in [0.25, 0.3) is 0 Å². The van der Waals surface area contributed by atoms with Crippen LogP contribution in [-0.4, -0.2) is 66.8 Å². The van der Waals surface area contributed by atoms with E-state index >= 15 is 0 Å². The van der Waals surface area contributed by atoms with Gasteiger partial charge in [0, 0.05) is 30.9 Å². The largest absolute Gasteiger partial charge is 0.481 e. The lowest BCUT2D eigenvalue weighted by molar-refractivity contribution is -0.196. The maximum Gasteiger partial charge on any atom is 0.403 e. The standard InChI is InChI=1S/C9H14F3NO4S2/c1-19(16,17)7-5-18-3-2-13(7)4-6(8(14)15)9(10,11)12/h6-7H,2-5H2,1H3,(H,14,15). The third-order valence-electron chi connectivity index (χ3n) is 2.80. The normalized spacial score (nSPS) is 24.1. The first-order valence-electron chi connectivity index (χ1n) is 5.33. The van der Waals surface area contributed by atoms with E-state index in [1.54, 1.807) is 0 Å². The van der Waals surface area contributed by atoms with Crippen molar-refractivity contribution < 1.29 is 31.5 Å². The fourth-order valence-electron chi connectivity index (χ4n) is 1.77. The maximum atomic E-state index is 12.6. The predicted molar refractivity (Wildman–Crippen MR) is 64.7 cm³/mol. The van der Waals surface area contributed by atoms with E-state index < -0.39 is 39.8 Å². The highest BCUT2D eigenvalue weighted by molar-refractivity contribution is 8.00. The lowest BCUT2D eigenvalue weighted by Crippen LogP contribution is -2.51. The number of alkyl halides is 3. The Morgan fingerprint density at radius 1 is 1.53 bits per heavy atom. The van der Waals surface area contributed by atoms with Crippen molar-refractivity contribution in [1.82, 2.24) is 4.90 Å². The Morgan fingerprint density at radius 2 is 2.11 bits per heavy atom. The van der Waals surface area contributed by atoms with Gasteiger partial charge in [0.25, 0.3) is 0 Å². The second-order valence-corrected chi connectivity index (χ2v) is 7.64. The number of hydrogen-bond acceptors (Lipinski definition) is 5. The Kier molecular flexibility index (Phi) is 5.13. The molecule has 1 aliphatic rings. The summed E-state index contributed by atoms with van der Waals surface area (Å²) in [5.74, 6) is -3.92. The Morgan fingerprint density at radius 3 is 2.53 bits per heavy atom. The quantitative estimate of drug-likeness (QED) is 0.820. The van der Waals surface area contributed by atoms with Gasteiger partial charge >= 0.3 is 12.1 Å². The third-order valence-corrected chi connectivity index (χ3v) is 5.48. The topological polar surface area (TPSA) is 74.7 Å². The summed E-state index contributed by atoms with van der Waals surface area (Å²) in [6.07, 6.45) is -3.95. The van der Waals surface area contributed by atoms with Crippen molar-refractivity contribution in [1.29, 1.82) is 0 Å². The second kappa shape index (κ2) is 5.88. The molecule has 2 atom stereocenters. The van der Waals surface area contributed by atoms with E-state index in [0.29, 0.717) is 5.75 Å². The molecule has 1 heterocycles. The van der Waals surface area contributed by atoms with Crippen LogP contribution in [0.5, 0.6) is 0 Å². The van der Waals surface area contributed by atoms with Crippen LogP contribution in [-0.2, 0) is 14.6 Å². The van der Waals surface area contributed by atoms with Crippen LogP contribution >= 0.6 is 11.8 Å². The minimum Gasteiger partial charge on any atom is -0.481 e. The van der Waals surface area contributed by atoms with Crippen LogP contribution in [0.1, 0.15) is 0 Å². The molecular weight excluding hydrogens is 307 g/mol. The molecule has 1 aliphatic heterocycles. The van der Waals surface area contributed by atoms with Crippen molar-refractivity contribution in [2.75, 3.05) is 30.9 Å². The molecule has 0 aliphatic carbocycles. The van der Waals surface area contributed by atoms with E-state index in [2.05, 4.69) is 0 Å². The average molecular weight is 321 g/mol. The highest BCUT2D eigenvalue weighted by atomic mass is 32.2. The van der Waals surface area contributed by atoms with Crippen molar-refractivity contribution in [2.24, 2.45) is 5.92 Å². The Labute approximate surface area is 113 Å². The van der Waals surface area contributed by atoms with Gasteiger partial charge in [-0.1, -0.05) is 0 Å². The molecule has 0 amide bonds. The molecule has 10 heteroatoms. The number of hydrogen-bond donors (Lipinski definition) is 1. The molecule has 19 heavy (non-hydrogen) atoms. The molecule has 1 fully saturated rings. The number of rotatable bonds is 4. The Hall–Kier alpha value is -0.480. The van der Waals surface area contributed by atoms with Gasteiger partial charge in [0.15, 0.2) is 15.8 Å². The summed E-state index contributed by atoms with van der Waals surface area (Å²) >= 11 is 1.33. The van der Waals surface area contributed by atoms with Crippen LogP contribution in [0.4, 0.5) is 13.2 Å². The van der Waals surface area contributed by atoms with E-state index in [9.17, 15) is 26.4 Å². The van der Waals surface area contributed by atoms with Crippen LogP contribution in [0, 0.1) is 5.92 Å². The van der Waals surface area contributed by atoms with Crippen LogP contribution in [0.15, 0.2) is 0 Å². The SMILES string of the molecule is CS(=O)(=O)C1CSCCN1CC(C(=O)O)C(F)(F)F. The van der Waals surface area contributed by atoms with Crippen molar-refractivity contribution >= 4 is 27.6 Å². The summed E-state index contributed by atoms with van der Waals surface area (Å²) in [7, 11) is -3.55. The Balaban J connectivity index is 2.90. The summed E-state index contributed by atoms with van der Waals surface area (Å²) in [5.41, 5.74) is 0. The van der Waals surface area contributed by atoms with E-state index in [1.165, 1.54) is 11.8 Å². The fraction of sp³-hybridized carbons (Fsp3) is 0.889. The summed E-state index contributed by atoms with van der Waals surface area (Å²) in [5, 5.41) is 7.57. The first-order chi connectivity index (χ1) is 8.53. The van der Waals surface area contributed by atoms with Gasteiger partial charge in [-0.05, 0) is 0 Å². The van der Waals surface area contributed by atoms with Gasteiger partial charge < -0.3 is 5.11 Å². The van der Waals surface area contributed by atoms with Gasteiger partial charge in [-0.3, -0.25) is 9.69 Å². The highest BCUT2D eigenvalue weighted by Gasteiger charge is 2.47. The van der Waals surface area contributed by atoms with Crippen molar-refractivity contribution in [3.63, 3.8) is 0 Å². The van der Waals surface area contributed by atoms with Gasteiger partial charge in [-0.15, -0.1) is 0 Å². The zero-order chi connectivity index (χ0) is 14.8. The van der Waals surface area contributed by atoms with Gasteiger partial charge in [0.05, 0.1) is 0 Å². The molecular formula is C9H14F3NO4S2. The predicted octanol–water partition coefficient (Wildman–Crippen LogP) is 0.669. The van der Waals surface area contributed by atoms with Crippen molar-refractivity contribution in [3.05, 3.63) is 0 Å². The first kappa shape index (κ1) is 16.6. The van der Waals surface area contributed by atoms with E-state index in [-0.39, 0.29) is 12.3 Å². The summed E-state index contributed by atoms with van der Waals surface area (Å²) in [6, 6.07) is 0. The van der Waals surface area contributed by atoms with Crippen LogP contribution in [0.2, 0.25) is 0 Å². The van der Waals surface area contributed by atoms with Gasteiger partial charge in [0.2, 0.25) is 0 Å². The molecule has 0 spiro atoms. The molecule has 1 N–H and O–H groups in total. The van der Waals surface area contributed by atoms with Gasteiger partial charge in [-0.2, -0.15) is 24.9 Å². The second-order valence-electron chi connectivity index (χ2n) is 4.29. The number of aliphatic carboxylic acids is 1. The molecule has 0 bridgehead atoms. The molecule has 0 aromatic carbocycles. The minimum absolute atomic E-state index is 0.127. The monoisotopic (exact) mass is 321 g/mol. The van der Waals surface area contributed by atoms with Crippen molar-refractivity contribution in [3.8, 4) is 0 Å². The first-order valence-corrected chi connectivity index (χ1v) is 8.44. The number of thioether (sulfide) groups is 1. The Bertz CT molecular complexity index is 437. The highest BCUT2D eigenvalue weighted by Crippen LogP contribution is 2.30. The molecule has 0 radical (unpaired) electrons.